The van der Waals surface area contributed by atoms with Crippen LogP contribution in [0, 0.1) is 0 Å². The normalized spacial score (nSPS) is 28.8. The predicted octanol–water partition coefficient (Wildman–Crippen LogP) is 1.92. The van der Waals surface area contributed by atoms with Gasteiger partial charge in [0.1, 0.15) is 6.29 Å². The molecule has 0 N–H and O–H groups in total. The molecule has 1 heteroatoms. The van der Waals surface area contributed by atoms with Crippen molar-refractivity contribution in [1.29, 1.82) is 0 Å². The van der Waals surface area contributed by atoms with Crippen LogP contribution in [0.15, 0.2) is 29.8 Å². The van der Waals surface area contributed by atoms with Crippen molar-refractivity contribution < 1.29 is 4.79 Å². The lowest BCUT2D eigenvalue weighted by Gasteiger charge is -2.05. The van der Waals surface area contributed by atoms with Gasteiger partial charge in [0.25, 0.3) is 0 Å². The zero-order chi connectivity index (χ0) is 8.18. The molecule has 0 aromatic heterocycles. The Morgan fingerprint density at radius 2 is 2.17 bits per heavy atom. The molecule has 0 aliphatic heterocycles. The number of allylic oxidation sites excluding steroid dienone is 1. The van der Waals surface area contributed by atoms with Gasteiger partial charge in [0, 0.05) is 0 Å². The second-order valence-corrected chi connectivity index (χ2v) is 3.52. The van der Waals surface area contributed by atoms with Crippen LogP contribution in [0.2, 0.25) is 0 Å². The maximum Gasteiger partial charge on any atom is 0.134 e. The van der Waals surface area contributed by atoms with Crippen molar-refractivity contribution in [2.45, 2.75) is 11.8 Å². The van der Waals surface area contributed by atoms with Crippen LogP contribution in [0.3, 0.4) is 0 Å². The molecule has 0 bridgehead atoms. The molecular weight excluding hydrogens is 148 g/mol. The van der Waals surface area contributed by atoms with E-state index in [1.54, 1.807) is 0 Å². The topological polar surface area (TPSA) is 17.1 Å². The van der Waals surface area contributed by atoms with Crippen molar-refractivity contribution in [2.24, 2.45) is 0 Å². The van der Waals surface area contributed by atoms with Gasteiger partial charge in [-0.1, -0.05) is 35.9 Å². The molecule has 1 nitrogen and oxygen atoms in total. The number of carbonyl (C=O) groups is 1. The second kappa shape index (κ2) is 1.69. The van der Waals surface area contributed by atoms with Crippen molar-refractivity contribution in [1.82, 2.24) is 0 Å². The summed E-state index contributed by atoms with van der Waals surface area (Å²) in [6.07, 6.45) is 4.18. The minimum absolute atomic E-state index is 0.184. The summed E-state index contributed by atoms with van der Waals surface area (Å²) in [5.74, 6) is 0. The summed E-state index contributed by atoms with van der Waals surface area (Å²) in [6, 6.07) is 8.14. The Hall–Kier alpha value is -1.37. The molecule has 2 aliphatic rings. The number of hydrogen-bond acceptors (Lipinski definition) is 1. The van der Waals surface area contributed by atoms with Gasteiger partial charge >= 0.3 is 0 Å². The molecule has 12 heavy (non-hydrogen) atoms. The molecule has 1 aromatic rings. The van der Waals surface area contributed by atoms with E-state index in [1.165, 1.54) is 16.7 Å². The van der Waals surface area contributed by atoms with Gasteiger partial charge in [-0.2, -0.15) is 0 Å². The smallest absolute Gasteiger partial charge is 0.134 e. The first-order valence-electron chi connectivity index (χ1n) is 4.14. The quantitative estimate of drug-likeness (QED) is 0.568. The van der Waals surface area contributed by atoms with E-state index in [-0.39, 0.29) is 5.41 Å². The lowest BCUT2D eigenvalue weighted by Crippen LogP contribution is -2.06. The molecule has 0 radical (unpaired) electrons. The number of aldehydes is 1. The van der Waals surface area contributed by atoms with Crippen molar-refractivity contribution in [3.8, 4) is 0 Å². The molecule has 0 amide bonds. The van der Waals surface area contributed by atoms with Crippen LogP contribution in [-0.2, 0) is 10.2 Å². The lowest BCUT2D eigenvalue weighted by molar-refractivity contribution is -0.109. The van der Waals surface area contributed by atoms with Crippen LogP contribution in [0.4, 0.5) is 0 Å². The van der Waals surface area contributed by atoms with Gasteiger partial charge in [-0.05, 0) is 17.5 Å². The van der Waals surface area contributed by atoms with Crippen LogP contribution in [-0.4, -0.2) is 6.29 Å². The van der Waals surface area contributed by atoms with E-state index in [0.29, 0.717) is 0 Å². The first-order valence-corrected chi connectivity index (χ1v) is 4.14. The molecule has 58 valence electrons. The zero-order valence-corrected chi connectivity index (χ0v) is 6.58. The van der Waals surface area contributed by atoms with Gasteiger partial charge in [-0.3, -0.25) is 0 Å². The van der Waals surface area contributed by atoms with E-state index >= 15 is 0 Å². The molecule has 1 aromatic carbocycles. The third-order valence-electron chi connectivity index (χ3n) is 2.89. The summed E-state index contributed by atoms with van der Waals surface area (Å²) in [7, 11) is 0. The van der Waals surface area contributed by atoms with E-state index in [0.717, 1.165) is 12.7 Å². The van der Waals surface area contributed by atoms with Gasteiger partial charge in [-0.15, -0.1) is 0 Å². The number of carbonyl (C=O) groups excluding carboxylic acids is 1. The first kappa shape index (κ1) is 6.18. The van der Waals surface area contributed by atoms with E-state index in [2.05, 4.69) is 18.2 Å². The van der Waals surface area contributed by atoms with Crippen LogP contribution >= 0.6 is 0 Å². The van der Waals surface area contributed by atoms with E-state index in [1.807, 2.05) is 12.1 Å². The Labute approximate surface area is 70.7 Å². The predicted molar refractivity (Wildman–Crippen MR) is 46.8 cm³/mol. The molecule has 0 heterocycles. The van der Waals surface area contributed by atoms with Gasteiger partial charge in [0.2, 0.25) is 0 Å². The van der Waals surface area contributed by atoms with E-state index in [9.17, 15) is 4.79 Å². The molecule has 1 saturated carbocycles. The Kier molecular flexibility index (Phi) is 0.868. The number of hydrogen-bond donors (Lipinski definition) is 0. The molecule has 1 fully saturated rings. The third-order valence-corrected chi connectivity index (χ3v) is 2.89. The average molecular weight is 156 g/mol. The fourth-order valence-corrected chi connectivity index (χ4v) is 2.10. The number of rotatable bonds is 1. The molecule has 0 spiro atoms. The third kappa shape index (κ3) is 0.502. The van der Waals surface area contributed by atoms with Gasteiger partial charge < -0.3 is 4.79 Å². The highest BCUT2D eigenvalue weighted by Gasteiger charge is 2.54. The second-order valence-electron chi connectivity index (χ2n) is 3.52. The summed E-state index contributed by atoms with van der Waals surface area (Å²) in [6.45, 7) is 0. The van der Waals surface area contributed by atoms with Crippen molar-refractivity contribution in [2.75, 3.05) is 0 Å². The Bertz CT molecular complexity index is 403. The maximum atomic E-state index is 10.9. The largest absolute Gasteiger partial charge is 0.302 e. The van der Waals surface area contributed by atoms with Crippen LogP contribution in [0.1, 0.15) is 17.5 Å². The Morgan fingerprint density at radius 1 is 1.33 bits per heavy atom. The van der Waals surface area contributed by atoms with Crippen LogP contribution in [0.25, 0.3) is 6.08 Å². The van der Waals surface area contributed by atoms with Gasteiger partial charge in [-0.25, -0.2) is 0 Å². The van der Waals surface area contributed by atoms with Crippen LogP contribution in [0.5, 0.6) is 0 Å². The summed E-state index contributed by atoms with van der Waals surface area (Å²) in [4.78, 5) is 10.9. The van der Waals surface area contributed by atoms with E-state index < -0.39 is 0 Å². The summed E-state index contributed by atoms with van der Waals surface area (Å²) >= 11 is 0. The van der Waals surface area contributed by atoms with Gasteiger partial charge in [0.15, 0.2) is 0 Å². The standard InChI is InChI=1S/C11H8O/c12-7-11-6-9(11)5-8-3-1-2-4-10(8)11/h1-5,7H,6H2. The summed E-state index contributed by atoms with van der Waals surface area (Å²) in [5.41, 5.74) is 3.54. The van der Waals surface area contributed by atoms with Crippen LogP contribution < -0.4 is 0 Å². The number of benzene rings is 1. The van der Waals surface area contributed by atoms with E-state index in [4.69, 9.17) is 0 Å². The monoisotopic (exact) mass is 156 g/mol. The molecule has 1 unspecified atom stereocenters. The lowest BCUT2D eigenvalue weighted by atomic mass is 9.97. The zero-order valence-electron chi connectivity index (χ0n) is 6.58. The number of fused-ring (bicyclic) bond motifs is 3. The highest BCUT2D eigenvalue weighted by molar-refractivity contribution is 5.93. The van der Waals surface area contributed by atoms with Gasteiger partial charge in [0.05, 0.1) is 5.41 Å². The van der Waals surface area contributed by atoms with Crippen molar-refractivity contribution in [3.05, 3.63) is 41.0 Å². The maximum absolute atomic E-state index is 10.9. The highest BCUT2D eigenvalue weighted by atomic mass is 16.1. The molecule has 1 atom stereocenters. The molecule has 3 rings (SSSR count). The SMILES string of the molecule is O=CC12CC1=Cc1ccccc12. The Balaban J connectivity index is 2.30. The van der Waals surface area contributed by atoms with Crippen molar-refractivity contribution >= 4 is 12.4 Å². The molecular formula is C11H8O. The Morgan fingerprint density at radius 3 is 3.00 bits per heavy atom. The molecule has 2 aliphatic carbocycles. The highest BCUT2D eigenvalue weighted by Crippen LogP contribution is 2.58. The van der Waals surface area contributed by atoms with Crippen molar-refractivity contribution in [3.63, 3.8) is 0 Å². The molecule has 0 saturated heterocycles. The fourth-order valence-electron chi connectivity index (χ4n) is 2.10. The first-order chi connectivity index (χ1) is 5.87. The average Bonchev–Trinajstić information content (AvgIpc) is 2.75. The minimum atomic E-state index is -0.184. The fraction of sp³-hybridized carbons (Fsp3) is 0.182. The summed E-state index contributed by atoms with van der Waals surface area (Å²) in [5, 5.41) is 0. The minimum Gasteiger partial charge on any atom is -0.302 e. The summed E-state index contributed by atoms with van der Waals surface area (Å²) < 4.78 is 0.